The fourth-order valence-corrected chi connectivity index (χ4v) is 5.87. The van der Waals surface area contributed by atoms with Gasteiger partial charge < -0.3 is 9.64 Å². The number of amides is 1. The molecule has 1 atom stereocenters. The number of thioether (sulfide) groups is 1. The second kappa shape index (κ2) is 8.53. The first-order valence-electron chi connectivity index (χ1n) is 10.2. The van der Waals surface area contributed by atoms with Crippen molar-refractivity contribution in [3.8, 4) is 11.8 Å². The number of nitrogens with zero attached hydrogens (tertiary/aromatic N) is 3. The smallest absolute Gasteiger partial charge is 0.229 e. The minimum Gasteiger partial charge on any atom is -0.496 e. The minimum absolute atomic E-state index is 0.0216. The number of hydrogen-bond donors (Lipinski definition) is 0. The molecule has 160 valence electrons. The first-order chi connectivity index (χ1) is 15.6. The Balaban J connectivity index is 1.57. The van der Waals surface area contributed by atoms with Crippen LogP contribution in [0, 0.1) is 11.3 Å². The molecule has 0 aromatic heterocycles. The van der Waals surface area contributed by atoms with E-state index in [9.17, 15) is 10.1 Å². The summed E-state index contributed by atoms with van der Waals surface area (Å²) in [6, 6.07) is 22.5. The highest BCUT2D eigenvalue weighted by Crippen LogP contribution is 2.47. The quantitative estimate of drug-likeness (QED) is 0.448. The third-order valence-electron chi connectivity index (χ3n) is 5.98. The predicted molar refractivity (Wildman–Crippen MR) is 131 cm³/mol. The molecular formula is C25H20BrN3O2S. The molecule has 2 heterocycles. The second-order valence-electron chi connectivity index (χ2n) is 7.74. The SMILES string of the molecule is COc1ccc2ccccc2c1[C@H]1CC(=O)N2CN(c3ccc(Br)cc3)CSC2=C1C#N. The number of allylic oxidation sites excluding steroid dienone is 1. The summed E-state index contributed by atoms with van der Waals surface area (Å²) >= 11 is 5.01. The second-order valence-corrected chi connectivity index (χ2v) is 9.59. The van der Waals surface area contributed by atoms with E-state index in [0.717, 1.165) is 31.5 Å². The van der Waals surface area contributed by atoms with E-state index in [1.165, 1.54) is 0 Å². The summed E-state index contributed by atoms with van der Waals surface area (Å²) in [5, 5.41) is 13.0. The van der Waals surface area contributed by atoms with E-state index in [0.29, 0.717) is 23.9 Å². The summed E-state index contributed by atoms with van der Waals surface area (Å²) in [7, 11) is 1.63. The Morgan fingerprint density at radius 3 is 2.66 bits per heavy atom. The molecule has 2 aliphatic rings. The molecule has 5 nitrogen and oxygen atoms in total. The fourth-order valence-electron chi connectivity index (χ4n) is 4.44. The van der Waals surface area contributed by atoms with Gasteiger partial charge >= 0.3 is 0 Å². The van der Waals surface area contributed by atoms with Gasteiger partial charge in [-0.2, -0.15) is 5.26 Å². The number of rotatable bonds is 3. The van der Waals surface area contributed by atoms with Gasteiger partial charge in [0.2, 0.25) is 5.91 Å². The molecule has 5 rings (SSSR count). The molecule has 0 saturated carbocycles. The van der Waals surface area contributed by atoms with Crippen LogP contribution in [0.25, 0.3) is 10.8 Å². The largest absolute Gasteiger partial charge is 0.496 e. The third kappa shape index (κ3) is 3.54. The van der Waals surface area contributed by atoms with Crippen LogP contribution in [0.2, 0.25) is 0 Å². The fraction of sp³-hybridized carbons (Fsp3) is 0.200. The zero-order valence-corrected chi connectivity index (χ0v) is 19.8. The molecule has 32 heavy (non-hydrogen) atoms. The maximum atomic E-state index is 13.3. The molecule has 0 bridgehead atoms. The summed E-state index contributed by atoms with van der Waals surface area (Å²) in [5.41, 5.74) is 2.60. The van der Waals surface area contributed by atoms with Gasteiger partial charge in [0.15, 0.2) is 0 Å². The number of nitriles is 1. The maximum Gasteiger partial charge on any atom is 0.229 e. The number of anilines is 1. The molecule has 0 aliphatic carbocycles. The van der Waals surface area contributed by atoms with E-state index in [1.54, 1.807) is 23.8 Å². The Bertz CT molecular complexity index is 1280. The number of halogens is 1. The molecule has 1 fully saturated rings. The highest BCUT2D eigenvalue weighted by atomic mass is 79.9. The summed E-state index contributed by atoms with van der Waals surface area (Å²) in [5.74, 6) is 1.08. The molecule has 3 aromatic rings. The lowest BCUT2D eigenvalue weighted by atomic mass is 9.83. The zero-order valence-electron chi connectivity index (χ0n) is 17.4. The standard InChI is InChI=1S/C25H20BrN3O2S/c1-31-22-11-6-16-4-2-3-5-19(16)24(22)20-12-23(30)29-14-28(15-32-25(29)21(20)13-27)18-9-7-17(26)8-10-18/h2-11,20H,12,14-15H2,1H3/t20-/m0/s1. The van der Waals surface area contributed by atoms with Crippen LogP contribution in [0.4, 0.5) is 5.69 Å². The predicted octanol–water partition coefficient (Wildman–Crippen LogP) is 5.83. The number of fused-ring (bicyclic) bond motifs is 2. The van der Waals surface area contributed by atoms with Crippen LogP contribution < -0.4 is 9.64 Å². The minimum atomic E-state index is -0.327. The Morgan fingerprint density at radius 2 is 1.91 bits per heavy atom. The average Bonchev–Trinajstić information content (AvgIpc) is 2.83. The van der Waals surface area contributed by atoms with Crippen LogP contribution in [-0.2, 0) is 4.79 Å². The van der Waals surface area contributed by atoms with Crippen LogP contribution in [-0.4, -0.2) is 30.5 Å². The van der Waals surface area contributed by atoms with Crippen molar-refractivity contribution in [2.45, 2.75) is 12.3 Å². The van der Waals surface area contributed by atoms with Gasteiger partial charge in [-0.1, -0.05) is 58.0 Å². The molecular weight excluding hydrogens is 486 g/mol. The van der Waals surface area contributed by atoms with Crippen molar-refractivity contribution in [2.75, 3.05) is 24.6 Å². The molecule has 1 amide bonds. The molecule has 0 N–H and O–H groups in total. The van der Waals surface area contributed by atoms with Crippen molar-refractivity contribution in [3.05, 3.63) is 81.3 Å². The maximum absolute atomic E-state index is 13.3. The lowest BCUT2D eigenvalue weighted by molar-refractivity contribution is -0.129. The van der Waals surface area contributed by atoms with E-state index in [2.05, 4.69) is 26.9 Å². The topological polar surface area (TPSA) is 56.6 Å². The van der Waals surface area contributed by atoms with Gasteiger partial charge in [0, 0.05) is 28.1 Å². The van der Waals surface area contributed by atoms with Crippen molar-refractivity contribution < 1.29 is 9.53 Å². The Morgan fingerprint density at radius 1 is 1.12 bits per heavy atom. The summed E-state index contributed by atoms with van der Waals surface area (Å²) in [6.07, 6.45) is 0.242. The van der Waals surface area contributed by atoms with Crippen LogP contribution in [0.1, 0.15) is 17.9 Å². The molecule has 2 aliphatic heterocycles. The van der Waals surface area contributed by atoms with Crippen LogP contribution in [0.15, 0.2) is 75.7 Å². The number of hydrogen-bond acceptors (Lipinski definition) is 5. The van der Waals surface area contributed by atoms with Gasteiger partial charge in [-0.3, -0.25) is 9.69 Å². The molecule has 1 saturated heterocycles. The molecule has 3 aromatic carbocycles. The van der Waals surface area contributed by atoms with E-state index >= 15 is 0 Å². The van der Waals surface area contributed by atoms with Crippen LogP contribution in [0.5, 0.6) is 5.75 Å². The van der Waals surface area contributed by atoms with Gasteiger partial charge in [-0.15, -0.1) is 0 Å². The van der Waals surface area contributed by atoms with Gasteiger partial charge in [0.05, 0.1) is 36.3 Å². The summed E-state index contributed by atoms with van der Waals surface area (Å²) in [6.45, 7) is 0.438. The van der Waals surface area contributed by atoms with Gasteiger partial charge in [0.25, 0.3) is 0 Å². The Labute approximate surface area is 199 Å². The highest BCUT2D eigenvalue weighted by molar-refractivity contribution is 9.10. The number of carbonyl (C=O) groups excluding carboxylic acids is 1. The van der Waals surface area contributed by atoms with Gasteiger partial charge in [-0.05, 0) is 41.1 Å². The lowest BCUT2D eigenvalue weighted by Crippen LogP contribution is -2.47. The van der Waals surface area contributed by atoms with Crippen molar-refractivity contribution in [1.29, 1.82) is 5.26 Å². The van der Waals surface area contributed by atoms with Crippen molar-refractivity contribution in [1.82, 2.24) is 4.90 Å². The third-order valence-corrected chi connectivity index (χ3v) is 7.67. The van der Waals surface area contributed by atoms with Crippen LogP contribution in [0.3, 0.4) is 0 Å². The first-order valence-corrected chi connectivity index (χ1v) is 12.0. The first kappa shape index (κ1) is 20.9. The zero-order chi connectivity index (χ0) is 22.2. The van der Waals surface area contributed by atoms with Crippen molar-refractivity contribution in [2.24, 2.45) is 0 Å². The lowest BCUT2D eigenvalue weighted by Gasteiger charge is -2.42. The van der Waals surface area contributed by atoms with E-state index in [1.807, 2.05) is 60.7 Å². The number of ether oxygens (including phenoxy) is 1. The Hall–Kier alpha value is -2.95. The summed E-state index contributed by atoms with van der Waals surface area (Å²) < 4.78 is 6.69. The van der Waals surface area contributed by atoms with Crippen molar-refractivity contribution >= 4 is 50.1 Å². The van der Waals surface area contributed by atoms with E-state index in [-0.39, 0.29) is 18.2 Å². The van der Waals surface area contributed by atoms with Crippen molar-refractivity contribution in [3.63, 3.8) is 0 Å². The number of methoxy groups -OCH3 is 1. The monoisotopic (exact) mass is 505 g/mol. The average molecular weight is 506 g/mol. The van der Waals surface area contributed by atoms with Gasteiger partial charge in [0.1, 0.15) is 5.75 Å². The van der Waals surface area contributed by atoms with Gasteiger partial charge in [-0.25, -0.2) is 0 Å². The highest BCUT2D eigenvalue weighted by Gasteiger charge is 2.39. The number of carbonyl (C=O) groups is 1. The van der Waals surface area contributed by atoms with E-state index < -0.39 is 0 Å². The number of benzene rings is 3. The molecule has 0 spiro atoms. The normalized spacial score (nSPS) is 18.5. The molecule has 0 unspecified atom stereocenters. The van der Waals surface area contributed by atoms with E-state index in [4.69, 9.17) is 4.74 Å². The van der Waals surface area contributed by atoms with Crippen LogP contribution >= 0.6 is 27.7 Å². The molecule has 7 heteroatoms. The molecule has 0 radical (unpaired) electrons. The Kier molecular flexibility index (Phi) is 5.58. The summed E-state index contributed by atoms with van der Waals surface area (Å²) in [4.78, 5) is 17.2.